The first-order valence-electron chi connectivity index (χ1n) is 9.37. The molecule has 9 heteroatoms. The van der Waals surface area contributed by atoms with Crippen molar-refractivity contribution in [1.29, 1.82) is 0 Å². The highest BCUT2D eigenvalue weighted by Crippen LogP contribution is 2.32. The second-order valence-corrected chi connectivity index (χ2v) is 8.89. The van der Waals surface area contributed by atoms with Gasteiger partial charge in [-0.3, -0.25) is 0 Å². The van der Waals surface area contributed by atoms with Crippen LogP contribution in [0, 0.1) is 0 Å². The van der Waals surface area contributed by atoms with Gasteiger partial charge in [0.05, 0.1) is 7.11 Å². The number of sulfonamides is 1. The number of nitrogens with one attached hydrogen (secondary N) is 1. The molecule has 0 spiro atoms. The van der Waals surface area contributed by atoms with E-state index >= 15 is 0 Å². The van der Waals surface area contributed by atoms with Gasteiger partial charge in [0.15, 0.2) is 0 Å². The van der Waals surface area contributed by atoms with Gasteiger partial charge in [-0.2, -0.15) is 4.31 Å². The van der Waals surface area contributed by atoms with Crippen LogP contribution in [0.15, 0.2) is 29.2 Å². The number of fused-ring (bicyclic) bond motifs is 1. The van der Waals surface area contributed by atoms with Gasteiger partial charge < -0.3 is 14.6 Å². The minimum Gasteiger partial charge on any atom is -0.495 e. The minimum atomic E-state index is -3.62. The first-order chi connectivity index (χ1) is 13.1. The van der Waals surface area contributed by atoms with Crippen LogP contribution in [0.25, 0.3) is 0 Å². The van der Waals surface area contributed by atoms with Crippen molar-refractivity contribution in [3.63, 3.8) is 0 Å². The summed E-state index contributed by atoms with van der Waals surface area (Å²) in [6.45, 7) is 3.55. The molecule has 2 aromatic rings. The fraction of sp³-hybridized carbons (Fsp3) is 0.556. The molecule has 3 heterocycles. The molecule has 4 rings (SSSR count). The van der Waals surface area contributed by atoms with Crippen molar-refractivity contribution in [2.45, 2.75) is 36.6 Å². The van der Waals surface area contributed by atoms with Crippen molar-refractivity contribution >= 4 is 10.0 Å². The van der Waals surface area contributed by atoms with Crippen molar-refractivity contribution in [3.8, 4) is 5.75 Å². The fourth-order valence-electron chi connectivity index (χ4n) is 3.94. The van der Waals surface area contributed by atoms with Crippen LogP contribution in [-0.4, -0.2) is 60.8 Å². The summed E-state index contributed by atoms with van der Waals surface area (Å²) >= 11 is 0. The molecule has 0 bridgehead atoms. The third-order valence-electron chi connectivity index (χ3n) is 5.33. The van der Waals surface area contributed by atoms with Crippen LogP contribution >= 0.6 is 0 Å². The standard InChI is InChI=1S/C18H25N5O3S/c1-26-15-6-2-3-7-16(15)27(24,25)22-11-4-5-14(13-22)18-21-20-17-8-9-19-10-12-23(17)18/h2-3,6-7,14,19H,4-5,8-13H2,1H3/t14-/m1/s1. The molecule has 1 fully saturated rings. The molecular formula is C18H25N5O3S. The average molecular weight is 391 g/mol. The Bertz CT molecular complexity index is 911. The van der Waals surface area contributed by atoms with E-state index in [1.165, 1.54) is 7.11 Å². The molecule has 0 saturated carbocycles. The second-order valence-electron chi connectivity index (χ2n) is 6.98. The number of nitrogens with zero attached hydrogens (tertiary/aromatic N) is 4. The van der Waals surface area contributed by atoms with Crippen LogP contribution in [0.3, 0.4) is 0 Å². The SMILES string of the molecule is COc1ccccc1S(=O)(=O)N1CCC[C@@H](c2nnc3n2CCNCC3)C1. The Morgan fingerprint density at radius 1 is 1.19 bits per heavy atom. The van der Waals surface area contributed by atoms with Gasteiger partial charge in [-0.1, -0.05) is 12.1 Å². The number of methoxy groups -OCH3 is 1. The van der Waals surface area contributed by atoms with Crippen LogP contribution in [0.1, 0.15) is 30.4 Å². The molecule has 1 N–H and O–H groups in total. The van der Waals surface area contributed by atoms with Crippen molar-refractivity contribution in [2.24, 2.45) is 0 Å². The molecule has 2 aliphatic heterocycles. The highest BCUT2D eigenvalue weighted by molar-refractivity contribution is 7.89. The molecular weight excluding hydrogens is 366 g/mol. The summed E-state index contributed by atoms with van der Waals surface area (Å²) in [5.74, 6) is 2.33. The van der Waals surface area contributed by atoms with Crippen molar-refractivity contribution in [2.75, 3.05) is 33.3 Å². The lowest BCUT2D eigenvalue weighted by atomic mass is 9.99. The summed E-state index contributed by atoms with van der Waals surface area (Å²) in [5, 5.41) is 12.1. The molecule has 1 aromatic carbocycles. The van der Waals surface area contributed by atoms with Gasteiger partial charge >= 0.3 is 0 Å². The van der Waals surface area contributed by atoms with Crippen LogP contribution in [-0.2, 0) is 23.0 Å². The summed E-state index contributed by atoms with van der Waals surface area (Å²) in [6.07, 6.45) is 2.58. The maximum Gasteiger partial charge on any atom is 0.246 e. The molecule has 2 aliphatic rings. The maximum absolute atomic E-state index is 13.2. The molecule has 1 aromatic heterocycles. The van der Waals surface area contributed by atoms with E-state index < -0.39 is 10.0 Å². The van der Waals surface area contributed by atoms with Crippen LogP contribution in [0.2, 0.25) is 0 Å². The van der Waals surface area contributed by atoms with Crippen LogP contribution < -0.4 is 10.1 Å². The Morgan fingerprint density at radius 3 is 2.89 bits per heavy atom. The molecule has 1 atom stereocenters. The summed E-state index contributed by atoms with van der Waals surface area (Å²) in [6, 6.07) is 6.78. The fourth-order valence-corrected chi connectivity index (χ4v) is 5.62. The quantitative estimate of drug-likeness (QED) is 0.836. The Balaban J connectivity index is 1.61. The molecule has 8 nitrogen and oxygen atoms in total. The zero-order valence-electron chi connectivity index (χ0n) is 15.5. The first kappa shape index (κ1) is 18.4. The number of piperidine rings is 1. The van der Waals surface area contributed by atoms with Crippen molar-refractivity contribution in [1.82, 2.24) is 24.4 Å². The van der Waals surface area contributed by atoms with Gasteiger partial charge in [-0.15, -0.1) is 10.2 Å². The zero-order chi connectivity index (χ0) is 18.9. The Labute approximate surface area is 159 Å². The predicted octanol–water partition coefficient (Wildman–Crippen LogP) is 1.00. The van der Waals surface area contributed by atoms with Gasteiger partial charge in [-0.25, -0.2) is 8.42 Å². The highest BCUT2D eigenvalue weighted by atomic mass is 32.2. The Hall–Kier alpha value is -1.97. The number of hydrogen-bond donors (Lipinski definition) is 1. The topological polar surface area (TPSA) is 89.4 Å². The number of rotatable bonds is 4. The number of aromatic nitrogens is 3. The van der Waals surface area contributed by atoms with E-state index in [2.05, 4.69) is 20.1 Å². The predicted molar refractivity (Wildman–Crippen MR) is 100 cm³/mol. The Morgan fingerprint density at radius 2 is 2.04 bits per heavy atom. The summed E-state index contributed by atoms with van der Waals surface area (Å²) in [4.78, 5) is 0.220. The van der Waals surface area contributed by atoms with E-state index in [1.807, 2.05) is 0 Å². The lowest BCUT2D eigenvalue weighted by molar-refractivity contribution is 0.302. The summed E-state index contributed by atoms with van der Waals surface area (Å²) < 4.78 is 35.4. The monoisotopic (exact) mass is 391 g/mol. The van der Waals surface area contributed by atoms with Crippen LogP contribution in [0.5, 0.6) is 5.75 Å². The summed E-state index contributed by atoms with van der Waals surface area (Å²) in [5.41, 5.74) is 0. The molecule has 146 valence electrons. The Kier molecular flexibility index (Phi) is 5.16. The van der Waals surface area contributed by atoms with Gasteiger partial charge in [0.2, 0.25) is 10.0 Å². The van der Waals surface area contributed by atoms with Crippen molar-refractivity contribution < 1.29 is 13.2 Å². The summed E-state index contributed by atoms with van der Waals surface area (Å²) in [7, 11) is -2.13. The molecule has 0 amide bonds. The molecule has 27 heavy (non-hydrogen) atoms. The number of hydrogen-bond acceptors (Lipinski definition) is 6. The maximum atomic E-state index is 13.2. The lowest BCUT2D eigenvalue weighted by Gasteiger charge is -2.32. The highest BCUT2D eigenvalue weighted by Gasteiger charge is 2.34. The van der Waals surface area contributed by atoms with Crippen molar-refractivity contribution in [3.05, 3.63) is 35.9 Å². The van der Waals surface area contributed by atoms with Gasteiger partial charge in [-0.05, 0) is 25.0 Å². The van der Waals surface area contributed by atoms with Gasteiger partial charge in [0.1, 0.15) is 22.3 Å². The van der Waals surface area contributed by atoms with E-state index in [-0.39, 0.29) is 10.8 Å². The smallest absolute Gasteiger partial charge is 0.246 e. The van der Waals surface area contributed by atoms with E-state index in [9.17, 15) is 8.42 Å². The van der Waals surface area contributed by atoms with E-state index in [0.717, 1.165) is 50.5 Å². The van der Waals surface area contributed by atoms with E-state index in [1.54, 1.807) is 28.6 Å². The molecule has 1 saturated heterocycles. The van der Waals surface area contributed by atoms with Crippen LogP contribution in [0.4, 0.5) is 0 Å². The second kappa shape index (κ2) is 7.57. The van der Waals surface area contributed by atoms with E-state index in [4.69, 9.17) is 4.74 Å². The van der Waals surface area contributed by atoms with Gasteiger partial charge in [0.25, 0.3) is 0 Å². The lowest BCUT2D eigenvalue weighted by Crippen LogP contribution is -2.40. The number of para-hydroxylation sites is 1. The number of ether oxygens (including phenoxy) is 1. The van der Waals surface area contributed by atoms with E-state index in [0.29, 0.717) is 18.8 Å². The first-order valence-corrected chi connectivity index (χ1v) is 10.8. The largest absolute Gasteiger partial charge is 0.495 e. The third-order valence-corrected chi connectivity index (χ3v) is 7.23. The average Bonchev–Trinajstić information content (AvgIpc) is 2.96. The molecule has 0 unspecified atom stereocenters. The minimum absolute atomic E-state index is 0.0579. The molecule has 0 radical (unpaired) electrons. The third kappa shape index (κ3) is 3.46. The zero-order valence-corrected chi connectivity index (χ0v) is 16.3. The normalized spacial score (nSPS) is 21.4. The molecule has 0 aliphatic carbocycles. The van der Waals surface area contributed by atoms with Gasteiger partial charge in [0, 0.05) is 45.1 Å². The number of benzene rings is 1.